The van der Waals surface area contributed by atoms with Gasteiger partial charge in [-0.2, -0.15) is 5.10 Å². The van der Waals surface area contributed by atoms with Gasteiger partial charge in [0.2, 0.25) is 5.91 Å². The van der Waals surface area contributed by atoms with E-state index in [2.05, 4.69) is 15.4 Å². The van der Waals surface area contributed by atoms with Crippen LogP contribution in [0.3, 0.4) is 0 Å². The van der Waals surface area contributed by atoms with Gasteiger partial charge < -0.3 is 5.32 Å². The molecule has 2 rings (SSSR count). The number of carbonyl (C=O) groups excluding carboxylic acids is 1. The number of anilines is 1. The third kappa shape index (κ3) is 3.04. The van der Waals surface area contributed by atoms with Crippen LogP contribution in [0.1, 0.15) is 29.6 Å². The number of nitrogens with one attached hydrogen (secondary N) is 1. The summed E-state index contributed by atoms with van der Waals surface area (Å²) >= 11 is 0. The summed E-state index contributed by atoms with van der Waals surface area (Å²) in [4.78, 5) is 16.3. The minimum Gasteiger partial charge on any atom is -0.323 e. The summed E-state index contributed by atoms with van der Waals surface area (Å²) in [5.74, 6) is -0.0440. The maximum absolute atomic E-state index is 12.1. The topological polar surface area (TPSA) is 59.8 Å². The van der Waals surface area contributed by atoms with E-state index in [1.165, 1.54) is 0 Å². The molecule has 0 aromatic carbocycles. The van der Waals surface area contributed by atoms with Crippen LogP contribution in [-0.2, 0) is 17.8 Å². The van der Waals surface area contributed by atoms with Gasteiger partial charge in [-0.1, -0.05) is 6.07 Å². The number of nitrogens with zero attached hydrogens (tertiary/aromatic N) is 3. The van der Waals surface area contributed by atoms with E-state index in [4.69, 9.17) is 0 Å². The average molecular weight is 272 g/mol. The van der Waals surface area contributed by atoms with E-state index in [0.717, 1.165) is 34.9 Å². The summed E-state index contributed by atoms with van der Waals surface area (Å²) in [7, 11) is 0. The van der Waals surface area contributed by atoms with Crippen LogP contribution < -0.4 is 5.32 Å². The van der Waals surface area contributed by atoms with Gasteiger partial charge in [-0.05, 0) is 39.3 Å². The Labute approximate surface area is 119 Å². The van der Waals surface area contributed by atoms with Gasteiger partial charge in [0, 0.05) is 18.4 Å². The number of amides is 1. The summed E-state index contributed by atoms with van der Waals surface area (Å²) in [5.41, 5.74) is 4.51. The van der Waals surface area contributed by atoms with Crippen molar-refractivity contribution in [2.75, 3.05) is 5.32 Å². The van der Waals surface area contributed by atoms with Crippen LogP contribution in [-0.4, -0.2) is 20.7 Å². The molecule has 0 aliphatic carbocycles. The maximum atomic E-state index is 12.1. The Hall–Kier alpha value is -2.17. The molecule has 0 aliphatic heterocycles. The molecule has 0 saturated carbocycles. The van der Waals surface area contributed by atoms with Gasteiger partial charge in [-0.15, -0.1) is 0 Å². The second kappa shape index (κ2) is 5.86. The second-order valence-corrected chi connectivity index (χ2v) is 4.89. The van der Waals surface area contributed by atoms with Crippen molar-refractivity contribution >= 4 is 11.6 Å². The van der Waals surface area contributed by atoms with E-state index in [-0.39, 0.29) is 5.91 Å². The van der Waals surface area contributed by atoms with Crippen LogP contribution >= 0.6 is 0 Å². The van der Waals surface area contributed by atoms with Gasteiger partial charge in [0.15, 0.2) is 0 Å². The Morgan fingerprint density at radius 3 is 2.60 bits per heavy atom. The first-order valence-corrected chi connectivity index (χ1v) is 6.76. The number of hydrogen-bond donors (Lipinski definition) is 1. The zero-order valence-electron chi connectivity index (χ0n) is 12.4. The quantitative estimate of drug-likeness (QED) is 0.929. The van der Waals surface area contributed by atoms with Crippen molar-refractivity contribution in [3.63, 3.8) is 0 Å². The Kier molecular flexibility index (Phi) is 4.17. The van der Waals surface area contributed by atoms with Gasteiger partial charge in [-0.25, -0.2) is 0 Å². The van der Waals surface area contributed by atoms with Crippen molar-refractivity contribution < 1.29 is 4.79 Å². The summed E-state index contributed by atoms with van der Waals surface area (Å²) < 4.78 is 1.89. The molecule has 2 heterocycles. The summed E-state index contributed by atoms with van der Waals surface area (Å²) in [6, 6.07) is 3.84. The van der Waals surface area contributed by atoms with Gasteiger partial charge >= 0.3 is 0 Å². The normalized spacial score (nSPS) is 10.6. The highest BCUT2D eigenvalue weighted by molar-refractivity contribution is 5.93. The number of aryl methyl sites for hydroxylation is 3. The van der Waals surface area contributed by atoms with Crippen LogP contribution in [0.4, 0.5) is 5.69 Å². The van der Waals surface area contributed by atoms with Gasteiger partial charge in [0.1, 0.15) is 0 Å². The molecule has 0 bridgehead atoms. The summed E-state index contributed by atoms with van der Waals surface area (Å²) in [6.07, 6.45) is 2.06. The molecule has 0 fully saturated rings. The fourth-order valence-electron chi connectivity index (χ4n) is 2.16. The molecule has 0 spiro atoms. The molecule has 0 unspecified atom stereocenters. The third-order valence-electron chi connectivity index (χ3n) is 3.28. The Morgan fingerprint density at radius 1 is 1.30 bits per heavy atom. The fraction of sp³-hybridized carbons (Fsp3) is 0.400. The highest BCUT2D eigenvalue weighted by Crippen LogP contribution is 2.19. The molecular formula is C15H20N4O. The first-order chi connectivity index (χ1) is 9.51. The third-order valence-corrected chi connectivity index (χ3v) is 3.28. The largest absolute Gasteiger partial charge is 0.323 e. The van der Waals surface area contributed by atoms with E-state index < -0.39 is 0 Å². The molecule has 0 saturated heterocycles. The smallest absolute Gasteiger partial charge is 0.228 e. The Morgan fingerprint density at radius 2 is 2.05 bits per heavy atom. The predicted molar refractivity (Wildman–Crippen MR) is 78.7 cm³/mol. The highest BCUT2D eigenvalue weighted by atomic mass is 16.1. The lowest BCUT2D eigenvalue weighted by molar-refractivity contribution is -0.115. The van der Waals surface area contributed by atoms with Crippen molar-refractivity contribution in [1.82, 2.24) is 14.8 Å². The number of rotatable bonds is 4. The molecule has 20 heavy (non-hydrogen) atoms. The summed E-state index contributed by atoms with van der Waals surface area (Å²) in [6.45, 7) is 8.62. The Bertz CT molecular complexity index is 614. The zero-order chi connectivity index (χ0) is 14.7. The predicted octanol–water partition coefficient (Wildman–Crippen LogP) is 2.40. The molecular weight excluding hydrogens is 252 g/mol. The monoisotopic (exact) mass is 272 g/mol. The lowest BCUT2D eigenvalue weighted by atomic mass is 10.2. The Balaban J connectivity index is 2.08. The fourth-order valence-corrected chi connectivity index (χ4v) is 2.16. The first kappa shape index (κ1) is 14.2. The first-order valence-electron chi connectivity index (χ1n) is 6.76. The number of pyridine rings is 1. The van der Waals surface area contributed by atoms with Crippen molar-refractivity contribution in [3.05, 3.63) is 41.0 Å². The molecule has 0 atom stereocenters. The standard InChI is InChI=1S/C15H20N4O/c1-5-19-12(4)15(11(3)18-19)17-14(20)8-13-7-6-10(2)16-9-13/h6-7,9H,5,8H2,1-4H3,(H,17,20). The van der Waals surface area contributed by atoms with Crippen LogP contribution in [0.2, 0.25) is 0 Å². The maximum Gasteiger partial charge on any atom is 0.228 e. The highest BCUT2D eigenvalue weighted by Gasteiger charge is 2.13. The molecule has 5 heteroatoms. The average Bonchev–Trinajstić information content (AvgIpc) is 2.69. The number of aromatic nitrogens is 3. The molecule has 0 aliphatic rings. The van der Waals surface area contributed by atoms with E-state index >= 15 is 0 Å². The van der Waals surface area contributed by atoms with Crippen LogP contribution in [0.25, 0.3) is 0 Å². The minimum atomic E-state index is -0.0440. The van der Waals surface area contributed by atoms with Gasteiger partial charge in [0.25, 0.3) is 0 Å². The van der Waals surface area contributed by atoms with Crippen LogP contribution in [0.15, 0.2) is 18.3 Å². The van der Waals surface area contributed by atoms with Crippen molar-refractivity contribution in [2.24, 2.45) is 0 Å². The van der Waals surface area contributed by atoms with Gasteiger partial charge in [-0.3, -0.25) is 14.5 Å². The van der Waals surface area contributed by atoms with Crippen molar-refractivity contribution in [2.45, 2.75) is 40.7 Å². The van der Waals surface area contributed by atoms with Crippen LogP contribution in [0, 0.1) is 20.8 Å². The zero-order valence-corrected chi connectivity index (χ0v) is 12.4. The molecule has 106 valence electrons. The van der Waals surface area contributed by atoms with Crippen molar-refractivity contribution in [1.29, 1.82) is 0 Å². The number of hydrogen-bond acceptors (Lipinski definition) is 3. The van der Waals surface area contributed by atoms with E-state index in [1.54, 1.807) is 6.20 Å². The molecule has 2 aromatic rings. The van der Waals surface area contributed by atoms with Crippen molar-refractivity contribution in [3.8, 4) is 0 Å². The van der Waals surface area contributed by atoms with E-state index in [9.17, 15) is 4.79 Å². The van der Waals surface area contributed by atoms with E-state index in [0.29, 0.717) is 6.42 Å². The second-order valence-electron chi connectivity index (χ2n) is 4.89. The molecule has 1 amide bonds. The molecule has 2 aromatic heterocycles. The lowest BCUT2D eigenvalue weighted by Crippen LogP contribution is -2.15. The van der Waals surface area contributed by atoms with E-state index in [1.807, 2.05) is 44.5 Å². The lowest BCUT2D eigenvalue weighted by Gasteiger charge is -2.06. The molecule has 0 radical (unpaired) electrons. The minimum absolute atomic E-state index is 0.0440. The summed E-state index contributed by atoms with van der Waals surface area (Å²) in [5, 5.41) is 7.34. The van der Waals surface area contributed by atoms with Gasteiger partial charge in [0.05, 0.1) is 23.5 Å². The number of carbonyl (C=O) groups is 1. The molecule has 5 nitrogen and oxygen atoms in total. The molecule has 1 N–H and O–H groups in total. The van der Waals surface area contributed by atoms with Crippen LogP contribution in [0.5, 0.6) is 0 Å². The SMILES string of the molecule is CCn1nc(C)c(NC(=O)Cc2ccc(C)nc2)c1C.